The molecule has 0 saturated heterocycles. The molecular weight excluding hydrogens is 270 g/mol. The first-order chi connectivity index (χ1) is 7.71. The van der Waals surface area contributed by atoms with E-state index < -0.39 is 0 Å². The third-order valence-electron chi connectivity index (χ3n) is 2.68. The standard InChI is InChI=1S/C12H14BrNO2/c1-3-8-9-4-7(15-2)5-10(13)12(9)16-11(8)6-14/h4-5H,3,6,14H2,1-2H3. The van der Waals surface area contributed by atoms with Gasteiger partial charge in [-0.2, -0.15) is 0 Å². The minimum absolute atomic E-state index is 0.423. The van der Waals surface area contributed by atoms with E-state index in [1.54, 1.807) is 7.11 Å². The number of nitrogens with two attached hydrogens (primary N) is 1. The minimum atomic E-state index is 0.423. The molecule has 0 atom stereocenters. The lowest BCUT2D eigenvalue weighted by Crippen LogP contribution is -1.97. The fourth-order valence-corrected chi connectivity index (χ4v) is 2.42. The van der Waals surface area contributed by atoms with Gasteiger partial charge in [0.05, 0.1) is 18.1 Å². The van der Waals surface area contributed by atoms with Crippen molar-refractivity contribution in [3.63, 3.8) is 0 Å². The van der Waals surface area contributed by atoms with Crippen molar-refractivity contribution in [2.45, 2.75) is 19.9 Å². The first kappa shape index (κ1) is 11.5. The van der Waals surface area contributed by atoms with Crippen LogP contribution in [0.25, 0.3) is 11.0 Å². The van der Waals surface area contributed by atoms with Crippen molar-refractivity contribution in [2.75, 3.05) is 7.11 Å². The van der Waals surface area contributed by atoms with Gasteiger partial charge in [-0.25, -0.2) is 0 Å². The van der Waals surface area contributed by atoms with E-state index in [1.165, 1.54) is 0 Å². The zero-order chi connectivity index (χ0) is 11.7. The van der Waals surface area contributed by atoms with Crippen LogP contribution in [-0.2, 0) is 13.0 Å². The minimum Gasteiger partial charge on any atom is -0.497 e. The third-order valence-corrected chi connectivity index (χ3v) is 3.27. The number of aryl methyl sites for hydroxylation is 1. The molecule has 0 bridgehead atoms. The van der Waals surface area contributed by atoms with Gasteiger partial charge in [-0.05, 0) is 34.5 Å². The number of fused-ring (bicyclic) bond motifs is 1. The molecule has 0 aliphatic heterocycles. The molecule has 86 valence electrons. The van der Waals surface area contributed by atoms with E-state index in [2.05, 4.69) is 22.9 Å². The number of halogens is 1. The Hall–Kier alpha value is -1.00. The van der Waals surface area contributed by atoms with E-state index in [1.807, 2.05) is 12.1 Å². The molecule has 4 heteroatoms. The lowest BCUT2D eigenvalue weighted by Gasteiger charge is -2.01. The van der Waals surface area contributed by atoms with E-state index in [0.29, 0.717) is 6.54 Å². The zero-order valence-electron chi connectivity index (χ0n) is 9.34. The normalized spacial score (nSPS) is 11.0. The van der Waals surface area contributed by atoms with Gasteiger partial charge in [-0.1, -0.05) is 6.92 Å². The Balaban J connectivity index is 2.77. The molecule has 0 unspecified atom stereocenters. The number of benzene rings is 1. The van der Waals surface area contributed by atoms with Crippen molar-refractivity contribution in [3.8, 4) is 5.75 Å². The Morgan fingerprint density at radius 3 is 2.75 bits per heavy atom. The average molecular weight is 284 g/mol. The summed E-state index contributed by atoms with van der Waals surface area (Å²) in [6.07, 6.45) is 0.902. The van der Waals surface area contributed by atoms with Crippen molar-refractivity contribution >= 4 is 26.9 Å². The monoisotopic (exact) mass is 283 g/mol. The first-order valence-electron chi connectivity index (χ1n) is 5.19. The highest BCUT2D eigenvalue weighted by Crippen LogP contribution is 2.35. The van der Waals surface area contributed by atoms with Crippen LogP contribution in [0.4, 0.5) is 0 Å². The second-order valence-electron chi connectivity index (χ2n) is 3.55. The molecule has 2 rings (SSSR count). The van der Waals surface area contributed by atoms with Crippen LogP contribution in [0, 0.1) is 0 Å². The largest absolute Gasteiger partial charge is 0.497 e. The molecule has 16 heavy (non-hydrogen) atoms. The van der Waals surface area contributed by atoms with Gasteiger partial charge < -0.3 is 14.9 Å². The molecule has 1 aromatic heterocycles. The average Bonchev–Trinajstić information content (AvgIpc) is 2.66. The van der Waals surface area contributed by atoms with E-state index >= 15 is 0 Å². The number of ether oxygens (including phenoxy) is 1. The van der Waals surface area contributed by atoms with Crippen LogP contribution in [0.3, 0.4) is 0 Å². The molecule has 0 amide bonds. The predicted octanol–water partition coefficient (Wildman–Crippen LogP) is 3.23. The van der Waals surface area contributed by atoms with Crippen LogP contribution in [0.2, 0.25) is 0 Å². The number of rotatable bonds is 3. The summed E-state index contributed by atoms with van der Waals surface area (Å²) in [4.78, 5) is 0. The highest BCUT2D eigenvalue weighted by atomic mass is 79.9. The number of hydrogen-bond donors (Lipinski definition) is 1. The summed E-state index contributed by atoms with van der Waals surface area (Å²) in [7, 11) is 1.66. The van der Waals surface area contributed by atoms with Crippen molar-refractivity contribution in [1.29, 1.82) is 0 Å². The molecule has 0 aliphatic carbocycles. The summed E-state index contributed by atoms with van der Waals surface area (Å²) in [6.45, 7) is 2.52. The molecule has 1 heterocycles. The Bertz CT molecular complexity index is 519. The topological polar surface area (TPSA) is 48.4 Å². The molecule has 3 nitrogen and oxygen atoms in total. The smallest absolute Gasteiger partial charge is 0.149 e. The van der Waals surface area contributed by atoms with E-state index in [4.69, 9.17) is 14.9 Å². The Morgan fingerprint density at radius 1 is 1.44 bits per heavy atom. The van der Waals surface area contributed by atoms with Gasteiger partial charge in [0.2, 0.25) is 0 Å². The van der Waals surface area contributed by atoms with Gasteiger partial charge in [0.15, 0.2) is 0 Å². The maximum absolute atomic E-state index is 5.74. The molecule has 2 aromatic rings. The molecule has 0 fully saturated rings. The predicted molar refractivity (Wildman–Crippen MR) is 67.7 cm³/mol. The van der Waals surface area contributed by atoms with E-state index in [0.717, 1.165) is 38.9 Å². The maximum atomic E-state index is 5.74. The fourth-order valence-electron chi connectivity index (χ4n) is 1.90. The molecule has 2 N–H and O–H groups in total. The Labute approximate surface area is 103 Å². The van der Waals surface area contributed by atoms with Crippen molar-refractivity contribution in [1.82, 2.24) is 0 Å². The van der Waals surface area contributed by atoms with Gasteiger partial charge in [0.1, 0.15) is 17.1 Å². The summed E-state index contributed by atoms with van der Waals surface area (Å²) < 4.78 is 11.9. The highest BCUT2D eigenvalue weighted by Gasteiger charge is 2.15. The summed E-state index contributed by atoms with van der Waals surface area (Å²) in [5.74, 6) is 1.67. The van der Waals surface area contributed by atoms with Crippen LogP contribution < -0.4 is 10.5 Å². The van der Waals surface area contributed by atoms with Crippen LogP contribution in [0.5, 0.6) is 5.75 Å². The summed E-state index contributed by atoms with van der Waals surface area (Å²) in [5.41, 5.74) is 7.68. The molecule has 0 aliphatic rings. The van der Waals surface area contributed by atoms with Crippen LogP contribution in [0.1, 0.15) is 18.2 Å². The number of furan rings is 1. The number of methoxy groups -OCH3 is 1. The quantitative estimate of drug-likeness (QED) is 0.941. The lowest BCUT2D eigenvalue weighted by molar-refractivity contribution is 0.415. The van der Waals surface area contributed by atoms with Crippen LogP contribution in [0.15, 0.2) is 21.0 Å². The maximum Gasteiger partial charge on any atom is 0.149 e. The van der Waals surface area contributed by atoms with Gasteiger partial charge in [-0.3, -0.25) is 0 Å². The van der Waals surface area contributed by atoms with E-state index in [-0.39, 0.29) is 0 Å². The molecule has 0 saturated carbocycles. The molecule has 1 aromatic carbocycles. The van der Waals surface area contributed by atoms with Gasteiger partial charge in [-0.15, -0.1) is 0 Å². The van der Waals surface area contributed by atoms with Crippen LogP contribution in [-0.4, -0.2) is 7.11 Å². The fraction of sp³-hybridized carbons (Fsp3) is 0.333. The summed E-state index contributed by atoms with van der Waals surface area (Å²) >= 11 is 3.48. The van der Waals surface area contributed by atoms with Gasteiger partial charge in [0.25, 0.3) is 0 Å². The Morgan fingerprint density at radius 2 is 2.19 bits per heavy atom. The summed E-state index contributed by atoms with van der Waals surface area (Å²) in [6, 6.07) is 3.88. The molecular formula is C12H14BrNO2. The SMILES string of the molecule is CCc1c(CN)oc2c(Br)cc(OC)cc12. The lowest BCUT2D eigenvalue weighted by atomic mass is 10.1. The van der Waals surface area contributed by atoms with Crippen molar-refractivity contribution in [3.05, 3.63) is 27.9 Å². The Kier molecular flexibility index (Phi) is 3.21. The second-order valence-corrected chi connectivity index (χ2v) is 4.40. The van der Waals surface area contributed by atoms with Crippen molar-refractivity contribution in [2.24, 2.45) is 5.73 Å². The first-order valence-corrected chi connectivity index (χ1v) is 5.98. The zero-order valence-corrected chi connectivity index (χ0v) is 10.9. The van der Waals surface area contributed by atoms with Crippen LogP contribution >= 0.6 is 15.9 Å². The number of hydrogen-bond acceptors (Lipinski definition) is 3. The summed E-state index contributed by atoms with van der Waals surface area (Å²) in [5, 5.41) is 1.08. The molecule has 0 radical (unpaired) electrons. The highest BCUT2D eigenvalue weighted by molar-refractivity contribution is 9.10. The van der Waals surface area contributed by atoms with Crippen molar-refractivity contribution < 1.29 is 9.15 Å². The third kappa shape index (κ3) is 1.72. The molecule has 0 spiro atoms. The van der Waals surface area contributed by atoms with Gasteiger partial charge in [0, 0.05) is 10.9 Å². The van der Waals surface area contributed by atoms with E-state index in [9.17, 15) is 0 Å². The van der Waals surface area contributed by atoms with Gasteiger partial charge >= 0.3 is 0 Å². The second kappa shape index (κ2) is 4.47.